The maximum Gasteiger partial charge on any atom is 0.338 e. The molecule has 0 spiro atoms. The van der Waals surface area contributed by atoms with Crippen LogP contribution in [0.25, 0.3) is 0 Å². The van der Waals surface area contributed by atoms with Crippen molar-refractivity contribution in [3.8, 4) is 0 Å². The molecule has 0 fully saturated rings. The molecule has 0 amide bonds. The average Bonchev–Trinajstić information content (AvgIpc) is 2.27. The number of hydrogen-bond acceptors (Lipinski definition) is 3. The zero-order valence-electron chi connectivity index (χ0n) is 10.6. The lowest BCUT2D eigenvalue weighted by molar-refractivity contribution is -0.816. The fraction of sp³-hybridized carbons (Fsp3) is 0.385. The molecule has 0 saturated heterocycles. The Morgan fingerprint density at radius 2 is 1.94 bits per heavy atom. The van der Waals surface area contributed by atoms with E-state index in [-0.39, 0.29) is 0 Å². The first-order chi connectivity index (χ1) is 7.86. The second kappa shape index (κ2) is 4.99. The van der Waals surface area contributed by atoms with Crippen molar-refractivity contribution < 1.29 is 19.5 Å². The smallest absolute Gasteiger partial charge is 0.338 e. The van der Waals surface area contributed by atoms with Crippen molar-refractivity contribution in [3.63, 3.8) is 0 Å². The number of methoxy groups -OCH3 is 1. The van der Waals surface area contributed by atoms with Crippen LogP contribution in [0.5, 0.6) is 0 Å². The Hall–Kier alpha value is -1.84. The van der Waals surface area contributed by atoms with Crippen molar-refractivity contribution in [2.75, 3.05) is 7.11 Å². The van der Waals surface area contributed by atoms with Crippen LogP contribution >= 0.6 is 0 Å². The van der Waals surface area contributed by atoms with E-state index in [1.54, 1.807) is 24.3 Å². The number of carbonyl (C=O) groups excluding carboxylic acids is 1. The standard InChI is InChI=1S/C13H18NO3/c1-13(2,3)14(16)9-10-7-5-6-8-11(10)12(15)17-4/h5-9,16H,1-4H3/q+1/b14-9-. The summed E-state index contributed by atoms with van der Waals surface area (Å²) in [5.74, 6) is -0.417. The number of hydrogen-bond donors (Lipinski definition) is 1. The summed E-state index contributed by atoms with van der Waals surface area (Å²) in [6.07, 6.45) is 1.52. The topological polar surface area (TPSA) is 49.5 Å². The Morgan fingerprint density at radius 3 is 2.47 bits per heavy atom. The Labute approximate surface area is 101 Å². The maximum absolute atomic E-state index is 11.5. The summed E-state index contributed by atoms with van der Waals surface area (Å²) < 4.78 is 5.76. The van der Waals surface area contributed by atoms with Gasteiger partial charge in [-0.25, -0.2) is 4.79 Å². The highest BCUT2D eigenvalue weighted by Gasteiger charge is 2.25. The van der Waals surface area contributed by atoms with Crippen molar-refractivity contribution in [1.29, 1.82) is 0 Å². The SMILES string of the molecule is COC(=O)c1ccccc1/C=[N+](\O)C(C)(C)C. The molecule has 0 saturated carbocycles. The second-order valence-electron chi connectivity index (χ2n) is 4.72. The number of ether oxygens (including phenoxy) is 1. The largest absolute Gasteiger partial charge is 0.465 e. The summed E-state index contributed by atoms with van der Waals surface area (Å²) in [6.45, 7) is 5.60. The van der Waals surface area contributed by atoms with Crippen molar-refractivity contribution in [1.82, 2.24) is 0 Å². The molecule has 0 aliphatic rings. The molecular formula is C13H18NO3+. The van der Waals surface area contributed by atoms with Crippen LogP contribution < -0.4 is 0 Å². The molecule has 4 nitrogen and oxygen atoms in total. The van der Waals surface area contributed by atoms with Crippen molar-refractivity contribution in [2.24, 2.45) is 0 Å². The van der Waals surface area contributed by atoms with E-state index >= 15 is 0 Å². The van der Waals surface area contributed by atoms with Crippen molar-refractivity contribution in [2.45, 2.75) is 26.3 Å². The summed E-state index contributed by atoms with van der Waals surface area (Å²) in [5.41, 5.74) is 0.624. The fourth-order valence-electron chi connectivity index (χ4n) is 1.23. The summed E-state index contributed by atoms with van der Waals surface area (Å²) in [5, 5.41) is 9.84. The molecule has 1 rings (SSSR count). The Kier molecular flexibility index (Phi) is 3.89. The lowest BCUT2D eigenvalue weighted by atomic mass is 10.1. The molecule has 0 atom stereocenters. The third-order valence-electron chi connectivity index (χ3n) is 2.31. The minimum Gasteiger partial charge on any atom is -0.465 e. The van der Waals surface area contributed by atoms with Crippen LogP contribution in [0.2, 0.25) is 0 Å². The number of rotatable bonds is 2. The molecule has 17 heavy (non-hydrogen) atoms. The van der Waals surface area contributed by atoms with Gasteiger partial charge in [-0.1, -0.05) is 12.1 Å². The van der Waals surface area contributed by atoms with Gasteiger partial charge in [0.05, 0.1) is 18.2 Å². The van der Waals surface area contributed by atoms with E-state index in [1.165, 1.54) is 13.3 Å². The molecule has 1 aromatic rings. The van der Waals surface area contributed by atoms with Gasteiger partial charge < -0.3 is 4.74 Å². The fourth-order valence-corrected chi connectivity index (χ4v) is 1.23. The molecule has 1 N–H and O–H groups in total. The Balaban J connectivity index is 3.20. The molecule has 0 radical (unpaired) electrons. The van der Waals surface area contributed by atoms with E-state index in [9.17, 15) is 10.0 Å². The van der Waals surface area contributed by atoms with Gasteiger partial charge in [0, 0.05) is 20.8 Å². The van der Waals surface area contributed by atoms with Gasteiger partial charge >= 0.3 is 5.97 Å². The molecule has 4 heteroatoms. The third-order valence-corrected chi connectivity index (χ3v) is 2.31. The number of carbonyl (C=O) groups is 1. The van der Waals surface area contributed by atoms with Crippen molar-refractivity contribution >= 4 is 12.2 Å². The van der Waals surface area contributed by atoms with Crippen LogP contribution in [0.15, 0.2) is 24.3 Å². The number of hydroxylamine groups is 1. The Morgan fingerprint density at radius 1 is 1.35 bits per heavy atom. The van der Waals surface area contributed by atoms with E-state index in [0.717, 1.165) is 4.74 Å². The first kappa shape index (κ1) is 13.2. The van der Waals surface area contributed by atoms with Crippen LogP contribution in [0.3, 0.4) is 0 Å². The number of nitrogens with zero attached hydrogens (tertiary/aromatic N) is 1. The zero-order valence-corrected chi connectivity index (χ0v) is 10.6. The minimum absolute atomic E-state index is 0.417. The molecule has 0 bridgehead atoms. The lowest BCUT2D eigenvalue weighted by Crippen LogP contribution is -2.31. The highest BCUT2D eigenvalue weighted by molar-refractivity contribution is 5.98. The normalized spacial score (nSPS) is 12.4. The van der Waals surface area contributed by atoms with Gasteiger partial charge in [-0.3, -0.25) is 5.21 Å². The molecule has 0 unspecified atom stereocenters. The lowest BCUT2D eigenvalue weighted by Gasteiger charge is -2.10. The first-order valence-corrected chi connectivity index (χ1v) is 5.36. The van der Waals surface area contributed by atoms with Gasteiger partial charge in [-0.05, 0) is 16.9 Å². The molecule has 0 aromatic heterocycles. The maximum atomic E-state index is 11.5. The van der Waals surface area contributed by atoms with Crippen LogP contribution in [0.4, 0.5) is 0 Å². The van der Waals surface area contributed by atoms with Gasteiger partial charge in [0.2, 0.25) is 11.8 Å². The first-order valence-electron chi connectivity index (χ1n) is 5.36. The molecular weight excluding hydrogens is 218 g/mol. The quantitative estimate of drug-likeness (QED) is 0.281. The number of esters is 1. The van der Waals surface area contributed by atoms with Crippen molar-refractivity contribution in [3.05, 3.63) is 35.4 Å². The molecule has 0 heterocycles. The summed E-state index contributed by atoms with van der Waals surface area (Å²) in [4.78, 5) is 11.5. The second-order valence-corrected chi connectivity index (χ2v) is 4.72. The van der Waals surface area contributed by atoms with E-state index < -0.39 is 11.5 Å². The van der Waals surface area contributed by atoms with Gasteiger partial charge in [-0.15, -0.1) is 0 Å². The molecule has 0 aliphatic heterocycles. The van der Waals surface area contributed by atoms with Crippen LogP contribution in [0, 0.1) is 0 Å². The predicted octanol–water partition coefficient (Wildman–Crippen LogP) is 2.09. The van der Waals surface area contributed by atoms with Gasteiger partial charge in [0.1, 0.15) is 0 Å². The molecule has 0 aliphatic carbocycles. The predicted molar refractivity (Wildman–Crippen MR) is 64.7 cm³/mol. The van der Waals surface area contributed by atoms with E-state index in [0.29, 0.717) is 11.1 Å². The minimum atomic E-state index is -0.427. The van der Waals surface area contributed by atoms with Gasteiger partial charge in [0.25, 0.3) is 0 Å². The van der Waals surface area contributed by atoms with Crippen LogP contribution in [-0.2, 0) is 4.74 Å². The van der Waals surface area contributed by atoms with Gasteiger partial charge in [0.15, 0.2) is 0 Å². The summed E-state index contributed by atoms with van der Waals surface area (Å²) in [6, 6.07) is 6.96. The molecule has 92 valence electrons. The highest BCUT2D eigenvalue weighted by atomic mass is 16.5. The summed E-state index contributed by atoms with van der Waals surface area (Å²) >= 11 is 0. The average molecular weight is 236 g/mol. The Bertz CT molecular complexity index is 444. The van der Waals surface area contributed by atoms with Crippen LogP contribution in [-0.4, -0.2) is 34.8 Å². The third kappa shape index (κ3) is 3.31. The zero-order chi connectivity index (χ0) is 13.1. The van der Waals surface area contributed by atoms with E-state index in [4.69, 9.17) is 0 Å². The molecule has 1 aromatic carbocycles. The number of benzene rings is 1. The highest BCUT2D eigenvalue weighted by Crippen LogP contribution is 2.10. The summed E-state index contributed by atoms with van der Waals surface area (Å²) in [7, 11) is 1.33. The van der Waals surface area contributed by atoms with Crippen LogP contribution in [0.1, 0.15) is 36.7 Å². The van der Waals surface area contributed by atoms with E-state index in [1.807, 2.05) is 20.8 Å². The monoisotopic (exact) mass is 236 g/mol. The van der Waals surface area contributed by atoms with E-state index in [2.05, 4.69) is 4.74 Å². The van der Waals surface area contributed by atoms with Gasteiger partial charge in [-0.2, -0.15) is 0 Å².